The molecule has 4 atom stereocenters. The number of hydrogen-bond acceptors (Lipinski definition) is 6. The van der Waals surface area contributed by atoms with E-state index in [2.05, 4.69) is 5.32 Å². The first-order chi connectivity index (χ1) is 16.9. The fourth-order valence-electron chi connectivity index (χ4n) is 4.63. The number of benzene rings is 2. The summed E-state index contributed by atoms with van der Waals surface area (Å²) >= 11 is 0. The summed E-state index contributed by atoms with van der Waals surface area (Å²) in [6.07, 6.45) is -0.838. The first-order valence-electron chi connectivity index (χ1n) is 11.5. The standard InChI is InChI=1S/C26H27FN2O6/c1-2-20(31)26(34)29(14-15-7-3-5-9-18(15)27)19-13-17(25(33)28-11-12-30)22-16-8-4-6-10-21(16)35-24(22)23(19)32/h3-10,13,19,22-24,30,32H,2,11-12,14H2,1H3,(H,28,33)/t19-,22+,23+,24+/m1/s1. The lowest BCUT2D eigenvalue weighted by molar-refractivity contribution is -0.148. The lowest BCUT2D eigenvalue weighted by atomic mass is 9.77. The second-order valence-electron chi connectivity index (χ2n) is 8.48. The van der Waals surface area contributed by atoms with E-state index in [0.29, 0.717) is 11.3 Å². The third-order valence-electron chi connectivity index (χ3n) is 6.36. The van der Waals surface area contributed by atoms with E-state index >= 15 is 0 Å². The zero-order valence-electron chi connectivity index (χ0n) is 19.2. The Morgan fingerprint density at radius 1 is 1.11 bits per heavy atom. The number of carbonyl (C=O) groups excluding carboxylic acids is 3. The van der Waals surface area contributed by atoms with Crippen molar-refractivity contribution in [3.05, 3.63) is 77.1 Å². The van der Waals surface area contributed by atoms with Crippen LogP contribution in [0.2, 0.25) is 0 Å². The van der Waals surface area contributed by atoms with Gasteiger partial charge in [0.05, 0.1) is 18.6 Å². The minimum absolute atomic E-state index is 0.00940. The Labute approximate surface area is 202 Å². The molecule has 0 bridgehead atoms. The number of aliphatic hydroxyl groups is 2. The van der Waals surface area contributed by atoms with Crippen molar-refractivity contribution in [1.82, 2.24) is 10.2 Å². The molecule has 0 spiro atoms. The molecule has 2 aromatic rings. The van der Waals surface area contributed by atoms with E-state index in [1.165, 1.54) is 31.2 Å². The van der Waals surface area contributed by atoms with Gasteiger partial charge in [0.2, 0.25) is 11.7 Å². The second kappa shape index (κ2) is 10.4. The number of Topliss-reactive ketones (excluding diaryl/α,β-unsaturated/α-hetero) is 1. The SMILES string of the molecule is CCC(=O)C(=O)N(Cc1ccccc1F)[C@@H]1C=C(C(=O)NCCO)[C@@H]2c3ccccc3O[C@@H]2[C@H]1O. The number of fused-ring (bicyclic) bond motifs is 3. The zero-order chi connectivity index (χ0) is 25.1. The summed E-state index contributed by atoms with van der Waals surface area (Å²) in [7, 11) is 0. The molecule has 1 aliphatic carbocycles. The van der Waals surface area contributed by atoms with Gasteiger partial charge in [-0.25, -0.2) is 4.39 Å². The van der Waals surface area contributed by atoms with Crippen LogP contribution in [0, 0.1) is 5.82 Å². The number of carbonyl (C=O) groups is 3. The Morgan fingerprint density at radius 2 is 1.83 bits per heavy atom. The molecule has 1 aliphatic heterocycles. The van der Waals surface area contributed by atoms with Crippen molar-refractivity contribution in [1.29, 1.82) is 0 Å². The first-order valence-corrected chi connectivity index (χ1v) is 11.5. The molecular weight excluding hydrogens is 455 g/mol. The summed E-state index contributed by atoms with van der Waals surface area (Å²) in [6.45, 7) is 0.991. The van der Waals surface area contributed by atoms with E-state index in [0.717, 1.165) is 4.90 Å². The zero-order valence-corrected chi connectivity index (χ0v) is 19.2. The Hall–Kier alpha value is -3.56. The van der Waals surface area contributed by atoms with Crippen LogP contribution in [0.15, 0.2) is 60.2 Å². The molecule has 35 heavy (non-hydrogen) atoms. The molecule has 0 aromatic heterocycles. The van der Waals surface area contributed by atoms with Crippen molar-refractivity contribution in [2.24, 2.45) is 0 Å². The lowest BCUT2D eigenvalue weighted by Gasteiger charge is -2.40. The molecule has 184 valence electrons. The number of para-hydroxylation sites is 1. The van der Waals surface area contributed by atoms with Crippen LogP contribution in [0.4, 0.5) is 4.39 Å². The van der Waals surface area contributed by atoms with Gasteiger partial charge in [-0.2, -0.15) is 0 Å². The van der Waals surface area contributed by atoms with E-state index in [9.17, 15) is 23.9 Å². The summed E-state index contributed by atoms with van der Waals surface area (Å²) < 4.78 is 20.5. The van der Waals surface area contributed by atoms with Gasteiger partial charge in [0.15, 0.2) is 0 Å². The third kappa shape index (κ3) is 4.69. The number of hydrogen-bond donors (Lipinski definition) is 3. The maximum atomic E-state index is 14.5. The number of rotatable bonds is 8. The predicted octanol–water partition coefficient (Wildman–Crippen LogP) is 1.46. The average Bonchev–Trinajstić information content (AvgIpc) is 3.27. The number of nitrogens with zero attached hydrogens (tertiary/aromatic N) is 1. The molecule has 0 unspecified atom stereocenters. The Kier molecular flexibility index (Phi) is 7.28. The van der Waals surface area contributed by atoms with E-state index in [1.807, 2.05) is 0 Å². The lowest BCUT2D eigenvalue weighted by Crippen LogP contribution is -2.56. The highest BCUT2D eigenvalue weighted by Crippen LogP contribution is 2.47. The minimum atomic E-state index is -1.30. The monoisotopic (exact) mass is 482 g/mol. The molecule has 8 nitrogen and oxygen atoms in total. The van der Waals surface area contributed by atoms with Crippen LogP contribution in [0.1, 0.15) is 30.4 Å². The summed E-state index contributed by atoms with van der Waals surface area (Å²) in [5.74, 6) is -2.77. The Bertz CT molecular complexity index is 1170. The van der Waals surface area contributed by atoms with Gasteiger partial charge in [0, 0.05) is 36.2 Å². The summed E-state index contributed by atoms with van der Waals surface area (Å²) in [6, 6.07) is 11.8. The molecule has 4 rings (SSSR count). The number of ketones is 1. The van der Waals surface area contributed by atoms with Crippen LogP contribution in [-0.2, 0) is 20.9 Å². The van der Waals surface area contributed by atoms with E-state index in [1.54, 1.807) is 30.3 Å². The number of nitrogens with one attached hydrogen (secondary N) is 1. The molecule has 0 saturated carbocycles. The average molecular weight is 483 g/mol. The van der Waals surface area contributed by atoms with E-state index in [-0.39, 0.29) is 37.3 Å². The van der Waals surface area contributed by atoms with Crippen molar-refractivity contribution in [3.8, 4) is 5.75 Å². The number of halogens is 1. The van der Waals surface area contributed by atoms with Crippen LogP contribution in [0.5, 0.6) is 5.75 Å². The maximum absolute atomic E-state index is 14.5. The van der Waals surface area contributed by atoms with Crippen molar-refractivity contribution < 1.29 is 33.7 Å². The molecule has 2 aromatic carbocycles. The van der Waals surface area contributed by atoms with Gasteiger partial charge in [-0.15, -0.1) is 0 Å². The van der Waals surface area contributed by atoms with Gasteiger partial charge in [-0.3, -0.25) is 14.4 Å². The number of amides is 2. The van der Waals surface area contributed by atoms with Gasteiger partial charge in [-0.1, -0.05) is 43.3 Å². The van der Waals surface area contributed by atoms with Crippen LogP contribution in [-0.4, -0.2) is 64.1 Å². The van der Waals surface area contributed by atoms with E-state index < -0.39 is 47.6 Å². The predicted molar refractivity (Wildman–Crippen MR) is 124 cm³/mol. The van der Waals surface area contributed by atoms with Crippen molar-refractivity contribution in [2.75, 3.05) is 13.2 Å². The molecule has 0 saturated heterocycles. The van der Waals surface area contributed by atoms with Crippen molar-refractivity contribution in [3.63, 3.8) is 0 Å². The normalized spacial score (nSPS) is 22.3. The first kappa shape index (κ1) is 24.6. The number of ether oxygens (including phenoxy) is 1. The highest BCUT2D eigenvalue weighted by Gasteiger charge is 2.50. The maximum Gasteiger partial charge on any atom is 0.290 e. The smallest absolute Gasteiger partial charge is 0.290 e. The highest BCUT2D eigenvalue weighted by atomic mass is 19.1. The Balaban J connectivity index is 1.79. The summed E-state index contributed by atoms with van der Waals surface area (Å²) in [5, 5.41) is 23.2. The molecule has 0 fully saturated rings. The summed E-state index contributed by atoms with van der Waals surface area (Å²) in [5.41, 5.74) is 1.10. The fourth-order valence-corrected chi connectivity index (χ4v) is 4.63. The van der Waals surface area contributed by atoms with Gasteiger partial charge >= 0.3 is 0 Å². The summed E-state index contributed by atoms with van der Waals surface area (Å²) in [4.78, 5) is 39.7. The molecule has 2 aliphatic rings. The van der Waals surface area contributed by atoms with Crippen LogP contribution in [0.3, 0.4) is 0 Å². The second-order valence-corrected chi connectivity index (χ2v) is 8.48. The quantitative estimate of drug-likeness (QED) is 0.491. The third-order valence-corrected chi connectivity index (χ3v) is 6.36. The molecule has 0 radical (unpaired) electrons. The van der Waals surface area contributed by atoms with Gasteiger partial charge < -0.3 is 25.2 Å². The van der Waals surface area contributed by atoms with Gasteiger partial charge in [-0.05, 0) is 18.2 Å². The fraction of sp³-hybridized carbons (Fsp3) is 0.346. The minimum Gasteiger partial charge on any atom is -0.486 e. The largest absolute Gasteiger partial charge is 0.486 e. The van der Waals surface area contributed by atoms with Crippen molar-refractivity contribution in [2.45, 2.75) is 44.1 Å². The molecule has 2 amide bonds. The molecule has 9 heteroatoms. The van der Waals surface area contributed by atoms with Gasteiger partial charge in [0.25, 0.3) is 5.91 Å². The van der Waals surface area contributed by atoms with Crippen LogP contribution in [0.25, 0.3) is 0 Å². The van der Waals surface area contributed by atoms with E-state index in [4.69, 9.17) is 9.84 Å². The Morgan fingerprint density at radius 3 is 2.54 bits per heavy atom. The topological polar surface area (TPSA) is 116 Å². The molecule has 3 N–H and O–H groups in total. The molecular formula is C26H27FN2O6. The van der Waals surface area contributed by atoms with Crippen LogP contribution >= 0.6 is 0 Å². The van der Waals surface area contributed by atoms with Crippen molar-refractivity contribution >= 4 is 17.6 Å². The van der Waals surface area contributed by atoms with Gasteiger partial charge in [0.1, 0.15) is 23.8 Å². The number of aliphatic hydroxyl groups excluding tert-OH is 2. The molecule has 1 heterocycles. The van der Waals surface area contributed by atoms with Crippen LogP contribution < -0.4 is 10.1 Å². The highest BCUT2D eigenvalue weighted by molar-refractivity contribution is 6.36.